The number of nitrogens with zero attached hydrogens (tertiary/aromatic N) is 2. The first-order valence-electron chi connectivity index (χ1n) is 8.32. The molecule has 2 amide bonds. The second kappa shape index (κ2) is 8.04. The summed E-state index contributed by atoms with van der Waals surface area (Å²) in [5.41, 5.74) is 1.34. The van der Waals surface area contributed by atoms with Crippen molar-refractivity contribution >= 4 is 11.8 Å². The highest BCUT2D eigenvalue weighted by atomic mass is 16.5. The highest BCUT2D eigenvalue weighted by Crippen LogP contribution is 2.32. The van der Waals surface area contributed by atoms with Crippen molar-refractivity contribution in [2.75, 3.05) is 40.4 Å². The summed E-state index contributed by atoms with van der Waals surface area (Å²) in [7, 11) is 3.15. The second-order valence-corrected chi connectivity index (χ2v) is 5.90. The third-order valence-corrected chi connectivity index (χ3v) is 4.39. The maximum Gasteiger partial charge on any atom is 0.257 e. The molecule has 1 heterocycles. The molecule has 0 unspecified atom stereocenters. The van der Waals surface area contributed by atoms with Gasteiger partial charge in [-0.1, -0.05) is 6.92 Å². The van der Waals surface area contributed by atoms with E-state index in [1.807, 2.05) is 18.7 Å². The Morgan fingerprint density at radius 1 is 1.04 bits per heavy atom. The van der Waals surface area contributed by atoms with Crippen molar-refractivity contribution in [1.82, 2.24) is 9.80 Å². The molecular formula is C18H26N2O4. The zero-order valence-electron chi connectivity index (χ0n) is 14.9. The lowest BCUT2D eigenvalue weighted by Crippen LogP contribution is -2.50. The molecule has 1 aliphatic rings. The topological polar surface area (TPSA) is 59.1 Å². The van der Waals surface area contributed by atoms with Gasteiger partial charge in [0.25, 0.3) is 5.91 Å². The van der Waals surface area contributed by atoms with Crippen LogP contribution in [-0.2, 0) is 4.79 Å². The van der Waals surface area contributed by atoms with Crippen LogP contribution in [0, 0.1) is 6.92 Å². The molecule has 0 bridgehead atoms. The molecule has 0 radical (unpaired) electrons. The standard InChI is InChI=1S/C18H26N2O4/c1-5-6-16(21)19-9-11-20(12-10-19)18(22)14-7-8-15(23-3)13(2)17(14)24-4/h7-8H,5-6,9-12H2,1-4H3. The van der Waals surface area contributed by atoms with E-state index in [1.165, 1.54) is 0 Å². The predicted octanol–water partition coefficient (Wildman–Crippen LogP) is 2.10. The number of ether oxygens (including phenoxy) is 2. The lowest BCUT2D eigenvalue weighted by Gasteiger charge is -2.35. The quantitative estimate of drug-likeness (QED) is 0.827. The number of methoxy groups -OCH3 is 2. The van der Waals surface area contributed by atoms with Gasteiger partial charge < -0.3 is 19.3 Å². The van der Waals surface area contributed by atoms with Crippen LogP contribution in [0.1, 0.15) is 35.7 Å². The molecule has 0 N–H and O–H groups in total. The monoisotopic (exact) mass is 334 g/mol. The fourth-order valence-corrected chi connectivity index (χ4v) is 3.03. The zero-order valence-corrected chi connectivity index (χ0v) is 14.9. The molecule has 24 heavy (non-hydrogen) atoms. The van der Waals surface area contributed by atoms with Gasteiger partial charge in [0.05, 0.1) is 19.8 Å². The molecule has 1 aliphatic heterocycles. The van der Waals surface area contributed by atoms with E-state index in [0.29, 0.717) is 49.7 Å². The van der Waals surface area contributed by atoms with E-state index in [-0.39, 0.29) is 11.8 Å². The average Bonchev–Trinajstić information content (AvgIpc) is 2.61. The maximum absolute atomic E-state index is 12.8. The summed E-state index contributed by atoms with van der Waals surface area (Å²) in [4.78, 5) is 28.4. The third-order valence-electron chi connectivity index (χ3n) is 4.39. The third kappa shape index (κ3) is 3.63. The van der Waals surface area contributed by atoms with Gasteiger partial charge in [-0.25, -0.2) is 0 Å². The smallest absolute Gasteiger partial charge is 0.257 e. The Labute approximate surface area is 143 Å². The van der Waals surface area contributed by atoms with Crippen LogP contribution >= 0.6 is 0 Å². The Kier molecular flexibility index (Phi) is 6.06. The van der Waals surface area contributed by atoms with Crippen molar-refractivity contribution in [1.29, 1.82) is 0 Å². The van der Waals surface area contributed by atoms with Gasteiger partial charge in [0.1, 0.15) is 11.5 Å². The molecule has 6 nitrogen and oxygen atoms in total. The number of rotatable bonds is 5. The first kappa shape index (κ1) is 18.1. The van der Waals surface area contributed by atoms with E-state index >= 15 is 0 Å². The van der Waals surface area contributed by atoms with E-state index in [0.717, 1.165) is 12.0 Å². The maximum atomic E-state index is 12.8. The largest absolute Gasteiger partial charge is 0.496 e. The van der Waals surface area contributed by atoms with Crippen LogP contribution in [0.15, 0.2) is 12.1 Å². The Morgan fingerprint density at radius 3 is 2.21 bits per heavy atom. The number of benzene rings is 1. The summed E-state index contributed by atoms with van der Waals surface area (Å²) in [6.07, 6.45) is 1.42. The van der Waals surface area contributed by atoms with Gasteiger partial charge in [0, 0.05) is 38.2 Å². The Bertz CT molecular complexity index is 607. The molecule has 0 saturated carbocycles. The van der Waals surface area contributed by atoms with Crippen LogP contribution in [-0.4, -0.2) is 62.0 Å². The fourth-order valence-electron chi connectivity index (χ4n) is 3.03. The van der Waals surface area contributed by atoms with Crippen molar-refractivity contribution in [2.24, 2.45) is 0 Å². The minimum Gasteiger partial charge on any atom is -0.496 e. The predicted molar refractivity (Wildman–Crippen MR) is 91.7 cm³/mol. The molecule has 2 rings (SSSR count). The van der Waals surface area contributed by atoms with Gasteiger partial charge in [-0.05, 0) is 25.5 Å². The normalized spacial score (nSPS) is 14.5. The van der Waals surface area contributed by atoms with Crippen LogP contribution < -0.4 is 9.47 Å². The number of piperazine rings is 1. The van der Waals surface area contributed by atoms with E-state index in [2.05, 4.69) is 0 Å². The van der Waals surface area contributed by atoms with Crippen LogP contribution in [0.2, 0.25) is 0 Å². The van der Waals surface area contributed by atoms with Gasteiger partial charge in [-0.15, -0.1) is 0 Å². The van der Waals surface area contributed by atoms with Gasteiger partial charge in [-0.2, -0.15) is 0 Å². The van der Waals surface area contributed by atoms with Crippen molar-refractivity contribution in [3.8, 4) is 11.5 Å². The molecule has 1 fully saturated rings. The van der Waals surface area contributed by atoms with Crippen molar-refractivity contribution in [3.05, 3.63) is 23.3 Å². The summed E-state index contributed by atoms with van der Waals surface area (Å²) in [5.74, 6) is 1.34. The molecule has 132 valence electrons. The lowest BCUT2D eigenvalue weighted by molar-refractivity contribution is -0.132. The minimum absolute atomic E-state index is 0.0693. The number of amides is 2. The Morgan fingerprint density at radius 2 is 1.67 bits per heavy atom. The summed E-state index contributed by atoms with van der Waals surface area (Å²) in [6.45, 7) is 6.13. The highest BCUT2D eigenvalue weighted by molar-refractivity contribution is 5.98. The van der Waals surface area contributed by atoms with Crippen LogP contribution in [0.3, 0.4) is 0 Å². The van der Waals surface area contributed by atoms with E-state index < -0.39 is 0 Å². The van der Waals surface area contributed by atoms with Gasteiger partial charge in [-0.3, -0.25) is 9.59 Å². The van der Waals surface area contributed by atoms with E-state index in [9.17, 15) is 9.59 Å². The number of hydrogen-bond donors (Lipinski definition) is 0. The summed E-state index contributed by atoms with van der Waals surface area (Å²) < 4.78 is 10.7. The van der Waals surface area contributed by atoms with E-state index in [4.69, 9.17) is 9.47 Å². The van der Waals surface area contributed by atoms with Crippen molar-refractivity contribution < 1.29 is 19.1 Å². The van der Waals surface area contributed by atoms with Crippen LogP contribution in [0.5, 0.6) is 11.5 Å². The van der Waals surface area contributed by atoms with Gasteiger partial charge in [0.15, 0.2) is 0 Å². The Balaban J connectivity index is 2.11. The molecule has 0 aromatic heterocycles. The Hall–Kier alpha value is -2.24. The SMILES string of the molecule is CCCC(=O)N1CCN(C(=O)c2ccc(OC)c(C)c2OC)CC1. The van der Waals surface area contributed by atoms with Gasteiger partial charge >= 0.3 is 0 Å². The van der Waals surface area contributed by atoms with Crippen molar-refractivity contribution in [3.63, 3.8) is 0 Å². The number of carbonyl (C=O) groups is 2. The molecular weight excluding hydrogens is 308 g/mol. The molecule has 0 aliphatic carbocycles. The summed E-state index contributed by atoms with van der Waals surface area (Å²) in [6, 6.07) is 3.52. The number of hydrogen-bond acceptors (Lipinski definition) is 4. The highest BCUT2D eigenvalue weighted by Gasteiger charge is 2.27. The molecule has 1 aromatic carbocycles. The molecule has 0 atom stereocenters. The van der Waals surface area contributed by atoms with Crippen LogP contribution in [0.4, 0.5) is 0 Å². The average molecular weight is 334 g/mol. The first-order chi connectivity index (χ1) is 11.5. The lowest BCUT2D eigenvalue weighted by atomic mass is 10.1. The summed E-state index contributed by atoms with van der Waals surface area (Å²) >= 11 is 0. The minimum atomic E-state index is -0.0693. The van der Waals surface area contributed by atoms with E-state index in [1.54, 1.807) is 31.3 Å². The zero-order chi connectivity index (χ0) is 17.7. The second-order valence-electron chi connectivity index (χ2n) is 5.90. The number of carbonyl (C=O) groups excluding carboxylic acids is 2. The first-order valence-corrected chi connectivity index (χ1v) is 8.32. The molecule has 6 heteroatoms. The molecule has 0 spiro atoms. The van der Waals surface area contributed by atoms with Crippen molar-refractivity contribution in [2.45, 2.75) is 26.7 Å². The van der Waals surface area contributed by atoms with Crippen LogP contribution in [0.25, 0.3) is 0 Å². The van der Waals surface area contributed by atoms with Gasteiger partial charge in [0.2, 0.25) is 5.91 Å². The fraction of sp³-hybridized carbons (Fsp3) is 0.556. The summed E-state index contributed by atoms with van der Waals surface area (Å²) in [5, 5.41) is 0. The molecule has 1 saturated heterocycles. The molecule has 1 aromatic rings.